The molecule has 548 valence electrons. The molecular weight excluding hydrogens is 2040 g/mol. The molecule has 14 unspecified atom stereocenters. The number of thioether (sulfide) groups is 2. The third-order valence-electron chi connectivity index (χ3n) is 13.3. The van der Waals surface area contributed by atoms with Crippen molar-refractivity contribution in [2.45, 2.75) is 112 Å². The zero-order valence-corrected chi connectivity index (χ0v) is 65.2. The number of carboxylic acids is 2. The summed E-state index contributed by atoms with van der Waals surface area (Å²) in [5.74, 6) is -2.12. The van der Waals surface area contributed by atoms with Crippen LogP contribution >= 0.6 is 122 Å². The van der Waals surface area contributed by atoms with Gasteiger partial charge in [-0.2, -0.15) is 23.5 Å². The number of methoxy groups -OCH3 is 1. The maximum absolute atomic E-state index is 12.0. The van der Waals surface area contributed by atoms with E-state index < -0.39 is 140 Å². The van der Waals surface area contributed by atoms with E-state index in [0.29, 0.717) is 52.4 Å². The molecule has 41 heteroatoms. The van der Waals surface area contributed by atoms with Crippen molar-refractivity contribution in [2.24, 2.45) is 0 Å². The Bertz CT molecular complexity index is 3650. The number of aliphatic carboxylic acids is 2. The number of aliphatic hydroxyl groups excluding tert-OH is 10. The van der Waals surface area contributed by atoms with Crippen LogP contribution in [-0.4, -0.2) is 236 Å². The Labute approximate surface area is 632 Å². The third kappa shape index (κ3) is 28.3. The van der Waals surface area contributed by atoms with E-state index in [1.807, 2.05) is 0 Å². The summed E-state index contributed by atoms with van der Waals surface area (Å²) >= 11 is 12.3. The van der Waals surface area contributed by atoms with Gasteiger partial charge in [-0.05, 0) is 36.4 Å². The number of ether oxygens (including phenoxy) is 8. The molecule has 3 aromatic heterocycles. The van der Waals surface area contributed by atoms with E-state index in [2.05, 4.69) is 79.2 Å². The Morgan fingerprint density at radius 1 is 0.510 bits per heavy atom. The molecule has 98 heavy (non-hydrogen) atoms. The molecule has 3 fully saturated rings. The fourth-order valence-corrected chi connectivity index (χ4v) is 9.96. The van der Waals surface area contributed by atoms with Gasteiger partial charge in [-0.25, -0.2) is 14.4 Å². The molecule has 9 rings (SSSR count). The number of carbonyl (C=O) groups excluding carboxylic acids is 2. The number of halogens is 6. The zero-order chi connectivity index (χ0) is 72.2. The third-order valence-corrected chi connectivity index (χ3v) is 15.2. The number of esters is 2. The molecule has 0 saturated carbocycles. The summed E-state index contributed by atoms with van der Waals surface area (Å²) in [4.78, 5) is 76.6. The summed E-state index contributed by atoms with van der Waals surface area (Å²) in [5, 5.41) is 146. The van der Waals surface area contributed by atoms with E-state index in [1.54, 1.807) is 0 Å². The van der Waals surface area contributed by atoms with Gasteiger partial charge in [0.1, 0.15) is 90.5 Å². The number of hydrogen-bond donors (Lipinski definition) is 15. The number of carboxylic acid groups (broad SMARTS) is 2. The van der Waals surface area contributed by atoms with Crippen molar-refractivity contribution in [3.05, 3.63) is 104 Å². The zero-order valence-electron chi connectivity index (χ0n) is 50.5. The van der Waals surface area contributed by atoms with Crippen LogP contribution in [0.4, 0.5) is 0 Å². The van der Waals surface area contributed by atoms with Crippen LogP contribution in [0, 0.1) is 0 Å². The van der Waals surface area contributed by atoms with Crippen molar-refractivity contribution in [1.29, 1.82) is 0 Å². The van der Waals surface area contributed by atoms with Crippen LogP contribution in [0.5, 0.6) is 34.5 Å². The molecule has 0 radical (unpaired) electrons. The van der Waals surface area contributed by atoms with Crippen molar-refractivity contribution in [3.8, 4) is 34.5 Å². The number of rotatable bonds is 21. The van der Waals surface area contributed by atoms with Crippen molar-refractivity contribution in [2.75, 3.05) is 49.9 Å². The quantitative estimate of drug-likeness (QED) is 0.0191. The average molecular weight is 2110 g/mol. The molecule has 3 aliphatic rings. The normalized spacial score (nSPS) is 23.9. The Hall–Kier alpha value is -3.47. The predicted molar refractivity (Wildman–Crippen MR) is 385 cm³/mol. The van der Waals surface area contributed by atoms with Crippen molar-refractivity contribution in [3.63, 3.8) is 0 Å². The summed E-state index contributed by atoms with van der Waals surface area (Å²) < 4.78 is 56.5. The number of hydrogen-bond acceptors (Lipinski definition) is 33. The van der Waals surface area contributed by atoms with Crippen LogP contribution in [0.3, 0.4) is 0 Å². The van der Waals surface area contributed by atoms with Gasteiger partial charge in [-0.3, -0.25) is 19.2 Å². The van der Waals surface area contributed by atoms with Crippen LogP contribution in [0.1, 0.15) is 25.7 Å². The molecule has 6 aromatic rings. The SMILES string of the molecule is COC(=O)CCSCCC(=O)OCC1OC(Oc2cc3ccc(=O)oc3cc2O)C(O)C(O)C1O.I.II.I[I-]I.O=C(O)CCSCCC(=O)O.O=c1ccc2cc(OC3OC(CO)C(O)C(O)C3O)c(O)cc2o1.O=c1ccc2cc(OC3OCC(O)C(O)C3O)c(O)cc2o1. The van der Waals surface area contributed by atoms with Crippen molar-refractivity contribution >= 4 is 179 Å². The Morgan fingerprint density at radius 3 is 1.23 bits per heavy atom. The maximum atomic E-state index is 12.0. The van der Waals surface area contributed by atoms with Crippen molar-refractivity contribution in [1.82, 2.24) is 0 Å². The molecule has 0 spiro atoms. The first-order valence-corrected chi connectivity index (χ1v) is 49.1. The molecule has 15 N–H and O–H groups in total. The molecular formula is C57H67I6O33S2-. The molecule has 3 aromatic carbocycles. The topological polar surface area (TPSA) is 536 Å². The minimum Gasteiger partial charge on any atom is -0.504 e. The number of fused-ring (bicyclic) bond motifs is 3. The van der Waals surface area contributed by atoms with Crippen LogP contribution in [0.2, 0.25) is 0 Å². The van der Waals surface area contributed by atoms with E-state index in [1.165, 1.54) is 91.3 Å². The van der Waals surface area contributed by atoms with Gasteiger partial charge in [0.2, 0.25) is 18.9 Å². The van der Waals surface area contributed by atoms with Crippen LogP contribution in [0.15, 0.2) is 100 Å². The smallest absolute Gasteiger partial charge is 0.336 e. The van der Waals surface area contributed by atoms with Gasteiger partial charge < -0.3 is 128 Å². The van der Waals surface area contributed by atoms with Crippen LogP contribution in [-0.2, 0) is 42.9 Å². The summed E-state index contributed by atoms with van der Waals surface area (Å²) in [7, 11) is 1.29. The molecule has 14 atom stereocenters. The fourth-order valence-electron chi connectivity index (χ4n) is 8.29. The Kier molecular flexibility index (Phi) is 41.3. The summed E-state index contributed by atoms with van der Waals surface area (Å²) in [6.07, 6.45) is -19.9. The van der Waals surface area contributed by atoms with E-state index in [9.17, 15) is 94.8 Å². The number of aromatic hydroxyl groups is 3. The van der Waals surface area contributed by atoms with Gasteiger partial charge in [-0.1, -0.05) is 0 Å². The Balaban J connectivity index is 0.000000350. The second-order valence-corrected chi connectivity index (χ2v) is 38.7. The first-order valence-electron chi connectivity index (χ1n) is 27.9. The maximum Gasteiger partial charge on any atom is 0.336 e. The van der Waals surface area contributed by atoms with E-state index in [0.717, 1.165) is 12.1 Å². The van der Waals surface area contributed by atoms with Crippen LogP contribution in [0.25, 0.3) is 32.9 Å². The Morgan fingerprint density at radius 2 is 0.857 bits per heavy atom. The van der Waals surface area contributed by atoms with E-state index in [4.69, 9.17) is 61.7 Å². The summed E-state index contributed by atoms with van der Waals surface area (Å²) in [5.41, 5.74) is -1.31. The number of phenolic OH excluding ortho intramolecular Hbond substituents is 3. The van der Waals surface area contributed by atoms with Crippen LogP contribution < -0.4 is 44.3 Å². The van der Waals surface area contributed by atoms with E-state index >= 15 is 0 Å². The minimum absolute atomic E-state index is 0. The molecule has 3 aliphatic heterocycles. The molecule has 6 heterocycles. The first kappa shape index (κ1) is 88.7. The second kappa shape index (κ2) is 45.6. The van der Waals surface area contributed by atoms with Gasteiger partial charge in [0.15, 0.2) is 34.5 Å². The molecule has 0 aliphatic carbocycles. The second-order valence-electron chi connectivity index (χ2n) is 20.0. The first-order chi connectivity index (χ1) is 46.1. The molecule has 3 saturated heterocycles. The number of aliphatic hydroxyl groups is 10. The summed E-state index contributed by atoms with van der Waals surface area (Å²) in [6.45, 7) is -1.24. The average Bonchev–Trinajstić information content (AvgIpc) is 0.810. The standard InChI is InChI=1S/C22H26O12S.C15H16O9.C14H14O8.C6H10O4S.I3.I2.HI/c1-30-16(24)4-6-35-7-5-17(25)31-10-15-19(27)20(28)21(29)22(34-15)33-14-8-11-2-3-18(26)32-13(11)9-12(14)23;16-5-10-12(19)13(20)14(21)15(24-10)23-9-3-6-1-2-11(18)22-8(6)4-7(9)17;15-7-4-9-6(1-2-11(17)21-9)3-10(7)22-14-13(19)12(18)8(16)5-20-14;7-5(8)1-3-11-4-2-6(9)10;1-3-2;1-2;/h2-3,8-9,15,19-23,27-29H,4-7,10H2,1H3;1-4,10,12-17,19-21H,5H2;1-4,8,12-16,18-19H,5H2;1-4H2,(H,7,8)(H,9,10);;;1H/q;;;;-1;;. The monoisotopic (exact) mass is 2100 g/mol. The predicted octanol–water partition coefficient (Wildman–Crippen LogP) is -0.258. The number of carbonyl (C=O) groups is 4. The molecule has 0 bridgehead atoms. The molecule has 33 nitrogen and oxygen atoms in total. The van der Waals surface area contributed by atoms with E-state index in [-0.39, 0.29) is 108 Å². The fraction of sp³-hybridized carbons (Fsp3) is 0.456. The van der Waals surface area contributed by atoms with Gasteiger partial charge in [0, 0.05) is 113 Å². The number of phenols is 3. The van der Waals surface area contributed by atoms with Gasteiger partial charge in [-0.15, -0.1) is 24.0 Å². The minimum atomic E-state index is -1.69. The van der Waals surface area contributed by atoms with Gasteiger partial charge >= 0.3 is 91.2 Å². The summed E-state index contributed by atoms with van der Waals surface area (Å²) in [6, 6.07) is 15.6. The van der Waals surface area contributed by atoms with Gasteiger partial charge in [0.05, 0.1) is 46.0 Å². The van der Waals surface area contributed by atoms with Crippen molar-refractivity contribution < 1.29 is 160 Å². The molecule has 0 amide bonds. The number of benzene rings is 3. The largest absolute Gasteiger partial charge is 0.504 e. The van der Waals surface area contributed by atoms with Gasteiger partial charge in [0.25, 0.3) is 0 Å².